The van der Waals surface area contributed by atoms with E-state index in [0.29, 0.717) is 6.54 Å². The third-order valence-corrected chi connectivity index (χ3v) is 6.25. The molecule has 3 aliphatic heterocycles. The van der Waals surface area contributed by atoms with Gasteiger partial charge in [-0.1, -0.05) is 61.5 Å². The average Bonchev–Trinajstić information content (AvgIpc) is 3.41. The summed E-state index contributed by atoms with van der Waals surface area (Å²) in [6, 6.07) is 17.6. The van der Waals surface area contributed by atoms with E-state index in [-0.39, 0.29) is 18.5 Å². The van der Waals surface area contributed by atoms with E-state index < -0.39 is 23.5 Å². The lowest BCUT2D eigenvalue weighted by Gasteiger charge is -2.22. The molecule has 4 atom stereocenters. The van der Waals surface area contributed by atoms with Crippen molar-refractivity contribution >= 4 is 17.6 Å². The first-order valence-electron chi connectivity index (χ1n) is 10.1. The summed E-state index contributed by atoms with van der Waals surface area (Å²) in [5.41, 5.74) is 2.25. The van der Waals surface area contributed by atoms with Gasteiger partial charge in [-0.3, -0.25) is 9.59 Å². The summed E-state index contributed by atoms with van der Waals surface area (Å²) in [6.07, 6.45) is 4.42. The number of carbonyl (C=O) groups is 2. The summed E-state index contributed by atoms with van der Waals surface area (Å²) in [5, 5.41) is 0. The van der Waals surface area contributed by atoms with Gasteiger partial charge in [-0.25, -0.2) is 0 Å². The molecule has 2 aromatic carbocycles. The van der Waals surface area contributed by atoms with Crippen LogP contribution in [0.1, 0.15) is 18.1 Å². The molecule has 0 unspecified atom stereocenters. The first-order chi connectivity index (χ1) is 14.1. The Bertz CT molecular complexity index is 968. The highest BCUT2D eigenvalue weighted by atomic mass is 16.6. The Kier molecular flexibility index (Phi) is 4.28. The molecule has 3 heterocycles. The smallest absolute Gasteiger partial charge is 0.313 e. The number of hydrogen-bond donors (Lipinski definition) is 0. The lowest BCUT2D eigenvalue weighted by molar-refractivity contribution is -0.153. The number of ether oxygens (including phenoxy) is 2. The Labute approximate surface area is 169 Å². The van der Waals surface area contributed by atoms with Gasteiger partial charge in [-0.05, 0) is 29.7 Å². The third kappa shape index (κ3) is 2.88. The molecule has 29 heavy (non-hydrogen) atoms. The second-order valence-electron chi connectivity index (χ2n) is 7.94. The fourth-order valence-corrected chi connectivity index (χ4v) is 4.72. The Morgan fingerprint density at radius 2 is 1.90 bits per heavy atom. The van der Waals surface area contributed by atoms with Crippen LogP contribution in [0, 0.1) is 11.8 Å². The second kappa shape index (κ2) is 6.85. The summed E-state index contributed by atoms with van der Waals surface area (Å²) in [4.78, 5) is 28.0. The molecule has 2 bridgehead atoms. The number of amides is 1. The van der Waals surface area contributed by atoms with Crippen LogP contribution in [0.3, 0.4) is 0 Å². The summed E-state index contributed by atoms with van der Waals surface area (Å²) >= 11 is 0. The fourth-order valence-electron chi connectivity index (χ4n) is 4.72. The van der Waals surface area contributed by atoms with Gasteiger partial charge in [0.1, 0.15) is 18.1 Å². The first-order valence-corrected chi connectivity index (χ1v) is 10.1. The van der Waals surface area contributed by atoms with Gasteiger partial charge < -0.3 is 14.4 Å². The number of rotatable bonds is 5. The van der Waals surface area contributed by atoms with Crippen molar-refractivity contribution in [2.45, 2.75) is 31.7 Å². The Morgan fingerprint density at radius 3 is 2.62 bits per heavy atom. The van der Waals surface area contributed by atoms with Crippen molar-refractivity contribution in [1.29, 1.82) is 0 Å². The summed E-state index contributed by atoms with van der Waals surface area (Å²) in [6.45, 7) is 2.72. The van der Waals surface area contributed by atoms with E-state index in [0.717, 1.165) is 17.7 Å². The normalized spacial score (nSPS) is 29.3. The van der Waals surface area contributed by atoms with Crippen molar-refractivity contribution in [3.05, 3.63) is 77.9 Å². The van der Waals surface area contributed by atoms with Crippen LogP contribution < -0.4 is 4.90 Å². The molecule has 0 saturated carbocycles. The van der Waals surface area contributed by atoms with Gasteiger partial charge in [0.15, 0.2) is 0 Å². The maximum atomic E-state index is 13.3. The zero-order chi connectivity index (χ0) is 20.0. The topological polar surface area (TPSA) is 55.8 Å². The largest absolute Gasteiger partial charge is 0.460 e. The molecule has 0 aliphatic carbocycles. The van der Waals surface area contributed by atoms with Crippen molar-refractivity contribution in [3.63, 3.8) is 0 Å². The number of anilines is 1. The predicted octanol–water partition coefficient (Wildman–Crippen LogP) is 3.28. The van der Waals surface area contributed by atoms with Crippen molar-refractivity contribution in [3.8, 4) is 0 Å². The molecule has 5 heteroatoms. The molecule has 1 amide bonds. The van der Waals surface area contributed by atoms with E-state index >= 15 is 0 Å². The van der Waals surface area contributed by atoms with Crippen LogP contribution in [-0.4, -0.2) is 30.1 Å². The summed E-state index contributed by atoms with van der Waals surface area (Å²) in [7, 11) is 0. The van der Waals surface area contributed by atoms with Crippen LogP contribution in [-0.2, 0) is 32.1 Å². The van der Waals surface area contributed by atoms with E-state index in [9.17, 15) is 9.59 Å². The minimum absolute atomic E-state index is 0.0669. The SMILES string of the molecule is CCc1ccc(N2C[C@@]34C=C[C@@H](O3)[C@H](C(=O)OCc3ccccc3)[C@H]4C2=O)cc1. The monoisotopic (exact) mass is 389 g/mol. The average molecular weight is 389 g/mol. The first kappa shape index (κ1) is 18.1. The minimum atomic E-state index is -0.735. The van der Waals surface area contributed by atoms with Crippen molar-refractivity contribution in [2.75, 3.05) is 11.4 Å². The molecule has 5 rings (SSSR count). The highest BCUT2D eigenvalue weighted by Gasteiger charge is 2.67. The number of nitrogens with zero attached hydrogens (tertiary/aromatic N) is 1. The highest BCUT2D eigenvalue weighted by molar-refractivity contribution is 6.02. The van der Waals surface area contributed by atoms with Gasteiger partial charge in [-0.15, -0.1) is 0 Å². The van der Waals surface area contributed by atoms with Crippen LogP contribution in [0.5, 0.6) is 0 Å². The molecule has 0 N–H and O–H groups in total. The van der Waals surface area contributed by atoms with Crippen LogP contribution in [0.15, 0.2) is 66.7 Å². The molecule has 3 aliphatic rings. The molecule has 2 aromatic rings. The highest BCUT2D eigenvalue weighted by Crippen LogP contribution is 2.52. The standard InChI is InChI=1S/C24H23NO4/c1-2-16-8-10-18(11-9-16)25-15-24-13-12-19(29-24)20(21(24)22(25)26)23(27)28-14-17-6-4-3-5-7-17/h3-13,19-21H,2,14-15H2,1H3/t19-,20+,21+,24-/m1/s1. The van der Waals surface area contributed by atoms with Crippen LogP contribution in [0.25, 0.3) is 0 Å². The number of esters is 1. The molecular weight excluding hydrogens is 366 g/mol. The lowest BCUT2D eigenvalue weighted by Crippen LogP contribution is -2.40. The van der Waals surface area contributed by atoms with Crippen molar-refractivity contribution in [1.82, 2.24) is 0 Å². The quantitative estimate of drug-likeness (QED) is 0.582. The van der Waals surface area contributed by atoms with Crippen LogP contribution in [0.4, 0.5) is 5.69 Å². The number of fused-ring (bicyclic) bond motifs is 1. The van der Waals surface area contributed by atoms with E-state index in [1.165, 1.54) is 5.56 Å². The zero-order valence-corrected chi connectivity index (χ0v) is 16.3. The Hall–Kier alpha value is -2.92. The maximum Gasteiger partial charge on any atom is 0.313 e. The Balaban J connectivity index is 1.37. The van der Waals surface area contributed by atoms with Gasteiger partial charge in [0, 0.05) is 5.69 Å². The summed E-state index contributed by atoms with van der Waals surface area (Å²) < 4.78 is 11.7. The van der Waals surface area contributed by atoms with Crippen molar-refractivity contribution in [2.24, 2.45) is 11.8 Å². The van der Waals surface area contributed by atoms with E-state index in [1.54, 1.807) is 4.90 Å². The number of benzene rings is 2. The van der Waals surface area contributed by atoms with Gasteiger partial charge in [0.05, 0.1) is 18.6 Å². The predicted molar refractivity (Wildman–Crippen MR) is 108 cm³/mol. The fraction of sp³-hybridized carbons (Fsp3) is 0.333. The van der Waals surface area contributed by atoms with Gasteiger partial charge >= 0.3 is 5.97 Å². The minimum Gasteiger partial charge on any atom is -0.460 e. The van der Waals surface area contributed by atoms with E-state index in [1.807, 2.05) is 66.7 Å². The second-order valence-corrected chi connectivity index (χ2v) is 7.94. The van der Waals surface area contributed by atoms with Crippen LogP contribution >= 0.6 is 0 Å². The van der Waals surface area contributed by atoms with E-state index in [2.05, 4.69) is 6.92 Å². The molecule has 1 spiro atoms. The third-order valence-electron chi connectivity index (χ3n) is 6.25. The molecule has 148 valence electrons. The number of hydrogen-bond acceptors (Lipinski definition) is 4. The molecular formula is C24H23NO4. The molecule has 0 radical (unpaired) electrons. The van der Waals surface area contributed by atoms with Crippen molar-refractivity contribution < 1.29 is 19.1 Å². The zero-order valence-electron chi connectivity index (χ0n) is 16.3. The molecule has 2 fully saturated rings. The van der Waals surface area contributed by atoms with E-state index in [4.69, 9.17) is 9.47 Å². The maximum absolute atomic E-state index is 13.3. The van der Waals surface area contributed by atoms with Gasteiger partial charge in [0.2, 0.25) is 5.91 Å². The molecule has 2 saturated heterocycles. The number of aryl methyl sites for hydroxylation is 1. The lowest BCUT2D eigenvalue weighted by atomic mass is 9.77. The molecule has 5 nitrogen and oxygen atoms in total. The Morgan fingerprint density at radius 1 is 1.14 bits per heavy atom. The number of carbonyl (C=O) groups excluding carboxylic acids is 2. The summed E-state index contributed by atoms with van der Waals surface area (Å²) in [5.74, 6) is -1.57. The van der Waals surface area contributed by atoms with Gasteiger partial charge in [0.25, 0.3) is 0 Å². The molecule has 0 aromatic heterocycles. The van der Waals surface area contributed by atoms with Crippen LogP contribution in [0.2, 0.25) is 0 Å². The van der Waals surface area contributed by atoms with Gasteiger partial charge in [-0.2, -0.15) is 0 Å².